The van der Waals surface area contributed by atoms with Crippen molar-refractivity contribution in [1.29, 1.82) is 0 Å². The number of carbonyl (C=O) groups excluding carboxylic acids is 2. The third kappa shape index (κ3) is 7.01. The predicted molar refractivity (Wildman–Crippen MR) is 106 cm³/mol. The number of benzene rings is 1. The first-order valence-electron chi connectivity index (χ1n) is 9.50. The van der Waals surface area contributed by atoms with Crippen LogP contribution in [0.2, 0.25) is 0 Å². The Hall–Kier alpha value is -3.57. The van der Waals surface area contributed by atoms with Crippen molar-refractivity contribution in [2.75, 3.05) is 42.9 Å². The molecule has 1 aromatic carbocycles. The summed E-state index contributed by atoms with van der Waals surface area (Å²) in [7, 11) is 0. The summed E-state index contributed by atoms with van der Waals surface area (Å²) >= 11 is 0. The number of anilines is 2. The Morgan fingerprint density at radius 3 is 2.45 bits per heavy atom. The van der Waals surface area contributed by atoms with Crippen LogP contribution in [0.1, 0.15) is 6.42 Å². The molecule has 3 amide bonds. The Kier molecular flexibility index (Phi) is 7.11. The quantitative estimate of drug-likeness (QED) is 0.718. The highest BCUT2D eigenvalue weighted by atomic mass is 19.4. The number of urea groups is 1. The molecule has 1 fully saturated rings. The second kappa shape index (κ2) is 9.96. The largest absolute Gasteiger partial charge is 0.573 e. The highest BCUT2D eigenvalue weighted by Gasteiger charge is 2.31. The number of nitrogens with zero attached hydrogens (tertiary/aromatic N) is 4. The van der Waals surface area contributed by atoms with Crippen molar-refractivity contribution < 1.29 is 27.5 Å². The highest BCUT2D eigenvalue weighted by molar-refractivity contribution is 5.89. The van der Waals surface area contributed by atoms with E-state index in [0.717, 1.165) is 12.1 Å². The number of hydrogen-bond donors (Lipinski definition) is 2. The van der Waals surface area contributed by atoms with Crippen LogP contribution in [0.15, 0.2) is 42.7 Å². The van der Waals surface area contributed by atoms with Crippen molar-refractivity contribution in [1.82, 2.24) is 20.2 Å². The lowest BCUT2D eigenvalue weighted by Crippen LogP contribution is -2.49. The van der Waals surface area contributed by atoms with Gasteiger partial charge in [-0.25, -0.2) is 14.8 Å². The van der Waals surface area contributed by atoms with Gasteiger partial charge in [0.2, 0.25) is 11.9 Å². The molecule has 1 aliphatic rings. The zero-order valence-electron chi connectivity index (χ0n) is 16.4. The molecule has 2 heterocycles. The molecule has 0 saturated carbocycles. The van der Waals surface area contributed by atoms with Crippen LogP contribution < -0.4 is 20.3 Å². The topological polar surface area (TPSA) is 99.7 Å². The summed E-state index contributed by atoms with van der Waals surface area (Å²) in [5, 5.41) is 4.91. The number of alkyl halides is 3. The molecular formula is C19H21F3N6O3. The van der Waals surface area contributed by atoms with E-state index in [4.69, 9.17) is 0 Å². The average molecular weight is 438 g/mol. The van der Waals surface area contributed by atoms with Gasteiger partial charge in [0, 0.05) is 63.3 Å². The fourth-order valence-electron chi connectivity index (χ4n) is 3.00. The predicted octanol–water partition coefficient (Wildman–Crippen LogP) is 2.24. The summed E-state index contributed by atoms with van der Waals surface area (Å²) in [5.41, 5.74) is 0.129. The van der Waals surface area contributed by atoms with Gasteiger partial charge in [-0.2, -0.15) is 0 Å². The van der Waals surface area contributed by atoms with Crippen LogP contribution in [0.4, 0.5) is 29.6 Å². The zero-order chi connectivity index (χ0) is 22.3. The minimum Gasteiger partial charge on any atom is -0.406 e. The number of rotatable bonds is 6. The molecule has 0 bridgehead atoms. The molecule has 0 atom stereocenters. The van der Waals surface area contributed by atoms with E-state index in [1.807, 2.05) is 4.90 Å². The average Bonchev–Trinajstić information content (AvgIpc) is 2.73. The van der Waals surface area contributed by atoms with Gasteiger partial charge in [-0.05, 0) is 18.2 Å². The standard InChI is InChI=1S/C19H21F3N6O3/c20-19(21,22)31-15-4-1-3-14(13-15)26-18(30)25-8-5-16(29)27-9-11-28(12-10-27)17-23-6-2-7-24-17/h1-4,6-7,13H,5,8-12H2,(H2,25,26,30). The van der Waals surface area contributed by atoms with Gasteiger partial charge in [-0.1, -0.05) is 6.07 Å². The van der Waals surface area contributed by atoms with Crippen LogP contribution in [0.25, 0.3) is 0 Å². The summed E-state index contributed by atoms with van der Waals surface area (Å²) in [5.74, 6) is 0.0765. The summed E-state index contributed by atoms with van der Waals surface area (Å²) < 4.78 is 40.6. The molecule has 0 aliphatic carbocycles. The number of halogens is 3. The summed E-state index contributed by atoms with van der Waals surface area (Å²) in [6.07, 6.45) is -1.39. The van der Waals surface area contributed by atoms with Gasteiger partial charge in [0.05, 0.1) is 0 Å². The molecule has 0 spiro atoms. The van der Waals surface area contributed by atoms with E-state index in [-0.39, 0.29) is 24.6 Å². The number of amides is 3. The van der Waals surface area contributed by atoms with E-state index < -0.39 is 18.1 Å². The number of carbonyl (C=O) groups is 2. The van der Waals surface area contributed by atoms with Crippen molar-refractivity contribution in [2.45, 2.75) is 12.8 Å². The van der Waals surface area contributed by atoms with Crippen LogP contribution in [0.3, 0.4) is 0 Å². The summed E-state index contributed by atoms with van der Waals surface area (Å²) in [6.45, 7) is 2.36. The lowest BCUT2D eigenvalue weighted by atomic mass is 10.3. The fraction of sp³-hybridized carbons (Fsp3) is 0.368. The number of ether oxygens (including phenoxy) is 1. The highest BCUT2D eigenvalue weighted by Crippen LogP contribution is 2.24. The Morgan fingerprint density at radius 2 is 1.77 bits per heavy atom. The van der Waals surface area contributed by atoms with E-state index >= 15 is 0 Å². The van der Waals surface area contributed by atoms with Crippen LogP contribution >= 0.6 is 0 Å². The first kappa shape index (κ1) is 22.1. The first-order chi connectivity index (χ1) is 14.8. The second-order valence-electron chi connectivity index (χ2n) is 6.62. The Balaban J connectivity index is 1.38. The molecule has 1 aliphatic heterocycles. The monoisotopic (exact) mass is 438 g/mol. The Labute approximate surface area is 176 Å². The van der Waals surface area contributed by atoms with Crippen LogP contribution in [0.5, 0.6) is 5.75 Å². The van der Waals surface area contributed by atoms with Gasteiger partial charge < -0.3 is 25.2 Å². The molecule has 9 nitrogen and oxygen atoms in total. The molecule has 3 rings (SSSR count). The van der Waals surface area contributed by atoms with E-state index in [9.17, 15) is 22.8 Å². The third-order valence-electron chi connectivity index (χ3n) is 4.42. The van der Waals surface area contributed by atoms with Gasteiger partial charge in [-0.15, -0.1) is 13.2 Å². The van der Waals surface area contributed by atoms with Gasteiger partial charge in [0.25, 0.3) is 0 Å². The molecule has 1 aromatic heterocycles. The van der Waals surface area contributed by atoms with Gasteiger partial charge >= 0.3 is 12.4 Å². The molecule has 31 heavy (non-hydrogen) atoms. The Bertz CT molecular complexity index is 889. The van der Waals surface area contributed by atoms with E-state index in [0.29, 0.717) is 32.1 Å². The van der Waals surface area contributed by atoms with Crippen molar-refractivity contribution in [3.8, 4) is 5.75 Å². The van der Waals surface area contributed by atoms with Gasteiger partial charge in [0.1, 0.15) is 5.75 Å². The van der Waals surface area contributed by atoms with Crippen molar-refractivity contribution in [3.63, 3.8) is 0 Å². The van der Waals surface area contributed by atoms with Crippen molar-refractivity contribution >= 4 is 23.6 Å². The molecular weight excluding hydrogens is 417 g/mol. The second-order valence-corrected chi connectivity index (χ2v) is 6.62. The Morgan fingerprint density at radius 1 is 1.06 bits per heavy atom. The third-order valence-corrected chi connectivity index (χ3v) is 4.42. The van der Waals surface area contributed by atoms with Crippen molar-refractivity contribution in [2.24, 2.45) is 0 Å². The first-order valence-corrected chi connectivity index (χ1v) is 9.50. The molecule has 0 unspecified atom stereocenters. The van der Waals surface area contributed by atoms with Crippen LogP contribution in [-0.2, 0) is 4.79 Å². The molecule has 0 radical (unpaired) electrons. The molecule has 2 aromatic rings. The molecule has 12 heteroatoms. The minimum atomic E-state index is -4.82. The minimum absolute atomic E-state index is 0.0887. The van der Waals surface area contributed by atoms with E-state index in [1.165, 1.54) is 12.1 Å². The van der Waals surface area contributed by atoms with Gasteiger partial charge in [-0.3, -0.25) is 4.79 Å². The fourth-order valence-corrected chi connectivity index (χ4v) is 3.00. The SMILES string of the molecule is O=C(NCCC(=O)N1CCN(c2ncccn2)CC1)Nc1cccc(OC(F)(F)F)c1. The molecule has 1 saturated heterocycles. The summed E-state index contributed by atoms with van der Waals surface area (Å²) in [4.78, 5) is 36.4. The number of piperazine rings is 1. The summed E-state index contributed by atoms with van der Waals surface area (Å²) in [6, 6.07) is 6.01. The molecule has 2 N–H and O–H groups in total. The normalized spacial score (nSPS) is 14.2. The van der Waals surface area contributed by atoms with E-state index in [1.54, 1.807) is 23.4 Å². The smallest absolute Gasteiger partial charge is 0.406 e. The zero-order valence-corrected chi connectivity index (χ0v) is 16.4. The lowest BCUT2D eigenvalue weighted by Gasteiger charge is -2.34. The maximum atomic E-state index is 12.3. The molecule has 166 valence electrons. The van der Waals surface area contributed by atoms with E-state index in [2.05, 4.69) is 25.3 Å². The maximum Gasteiger partial charge on any atom is 0.573 e. The number of hydrogen-bond acceptors (Lipinski definition) is 6. The van der Waals surface area contributed by atoms with Crippen LogP contribution in [0, 0.1) is 0 Å². The number of aromatic nitrogens is 2. The lowest BCUT2D eigenvalue weighted by molar-refractivity contribution is -0.274. The van der Waals surface area contributed by atoms with Crippen molar-refractivity contribution in [3.05, 3.63) is 42.7 Å². The maximum absolute atomic E-state index is 12.3. The van der Waals surface area contributed by atoms with Gasteiger partial charge in [0.15, 0.2) is 0 Å². The van der Waals surface area contributed by atoms with Crippen LogP contribution in [-0.4, -0.2) is 65.9 Å². The number of nitrogens with one attached hydrogen (secondary N) is 2.